The number of benzene rings is 2. The lowest BCUT2D eigenvalue weighted by Gasteiger charge is -2.26. The van der Waals surface area contributed by atoms with Gasteiger partial charge in [0.05, 0.1) is 25.3 Å². The fourth-order valence-corrected chi connectivity index (χ4v) is 4.84. The molecule has 0 bridgehead atoms. The lowest BCUT2D eigenvalue weighted by Crippen LogP contribution is -2.35. The monoisotopic (exact) mass is 511 g/mol. The molecule has 0 spiro atoms. The summed E-state index contributed by atoms with van der Waals surface area (Å²) in [5, 5.41) is 8.13. The van der Waals surface area contributed by atoms with Gasteiger partial charge >= 0.3 is 5.63 Å². The van der Waals surface area contributed by atoms with Crippen molar-refractivity contribution in [1.29, 1.82) is 0 Å². The molecule has 38 heavy (non-hydrogen) atoms. The standard InChI is InChI=1S/C28H25N5O5/c1-16(34)25-26(23-15-29-10-12-37-23)20-5-3-18(14-22(20)38-27(25)35)31-28-30-9-7-24(32-28)33-11-8-17-13-19(36-2)4-6-21(17)33/h3-9,11,13-14,23,29H,10,12,15H2,1-2H3,(H,30,31,32). The minimum Gasteiger partial charge on any atom is -0.497 e. The van der Waals surface area contributed by atoms with Crippen LogP contribution in [0.15, 0.2) is 70.1 Å². The topological polar surface area (TPSA) is 121 Å². The molecule has 0 radical (unpaired) electrons. The number of fused-ring (bicyclic) bond motifs is 2. The summed E-state index contributed by atoms with van der Waals surface area (Å²) in [6.45, 7) is 3.07. The first kappa shape index (κ1) is 23.8. The highest BCUT2D eigenvalue weighted by Crippen LogP contribution is 2.32. The number of hydrogen-bond donors (Lipinski definition) is 2. The van der Waals surface area contributed by atoms with E-state index in [1.54, 1.807) is 19.4 Å². The van der Waals surface area contributed by atoms with Crippen LogP contribution < -0.4 is 21.0 Å². The number of aromatic nitrogens is 3. The predicted octanol–water partition coefficient (Wildman–Crippen LogP) is 4.14. The van der Waals surface area contributed by atoms with Gasteiger partial charge in [-0.25, -0.2) is 9.78 Å². The normalized spacial score (nSPS) is 15.6. The summed E-state index contributed by atoms with van der Waals surface area (Å²) in [5.41, 5.74) is 1.85. The quantitative estimate of drug-likeness (QED) is 0.256. The average Bonchev–Trinajstić information content (AvgIpc) is 3.36. The van der Waals surface area contributed by atoms with Crippen molar-refractivity contribution in [3.63, 3.8) is 0 Å². The third-order valence-corrected chi connectivity index (χ3v) is 6.59. The van der Waals surface area contributed by atoms with Gasteiger partial charge in [-0.1, -0.05) is 0 Å². The van der Waals surface area contributed by atoms with Gasteiger partial charge in [-0.15, -0.1) is 0 Å². The van der Waals surface area contributed by atoms with E-state index in [2.05, 4.69) is 20.6 Å². The van der Waals surface area contributed by atoms with Gasteiger partial charge in [0.1, 0.15) is 22.7 Å². The molecule has 5 aromatic rings. The van der Waals surface area contributed by atoms with E-state index in [0.29, 0.717) is 53.7 Å². The van der Waals surface area contributed by atoms with Crippen molar-refractivity contribution < 1.29 is 18.7 Å². The van der Waals surface area contributed by atoms with E-state index < -0.39 is 11.7 Å². The van der Waals surface area contributed by atoms with Crippen LogP contribution in [0.5, 0.6) is 5.75 Å². The third-order valence-electron chi connectivity index (χ3n) is 6.59. The van der Waals surface area contributed by atoms with Crippen molar-refractivity contribution in [2.75, 3.05) is 32.1 Å². The molecule has 1 fully saturated rings. The summed E-state index contributed by atoms with van der Waals surface area (Å²) in [4.78, 5) is 34.2. The van der Waals surface area contributed by atoms with Crippen LogP contribution in [0.4, 0.5) is 11.6 Å². The molecule has 4 heterocycles. The van der Waals surface area contributed by atoms with Crippen molar-refractivity contribution >= 4 is 39.3 Å². The molecule has 2 aromatic carbocycles. The van der Waals surface area contributed by atoms with Gasteiger partial charge < -0.3 is 29.1 Å². The Morgan fingerprint density at radius 3 is 2.87 bits per heavy atom. The van der Waals surface area contributed by atoms with E-state index >= 15 is 0 Å². The number of rotatable bonds is 6. The zero-order valence-corrected chi connectivity index (χ0v) is 20.9. The van der Waals surface area contributed by atoms with Crippen LogP contribution in [0.25, 0.3) is 27.7 Å². The molecular formula is C28H25N5O5. The molecule has 0 amide bonds. The minimum absolute atomic E-state index is 0.0273. The number of carbonyl (C=O) groups is 1. The highest BCUT2D eigenvalue weighted by Gasteiger charge is 2.27. The number of hydrogen-bond acceptors (Lipinski definition) is 9. The Hall–Kier alpha value is -4.54. The molecule has 3 aromatic heterocycles. The number of nitrogens with zero attached hydrogens (tertiary/aromatic N) is 3. The highest BCUT2D eigenvalue weighted by atomic mass is 16.5. The fraction of sp³-hybridized carbons (Fsp3) is 0.214. The van der Waals surface area contributed by atoms with Crippen LogP contribution in [-0.4, -0.2) is 47.1 Å². The second kappa shape index (κ2) is 9.73. The molecule has 6 rings (SSSR count). The van der Waals surface area contributed by atoms with E-state index in [0.717, 1.165) is 16.7 Å². The largest absolute Gasteiger partial charge is 0.497 e. The SMILES string of the molecule is COc1ccc2c(ccn2-c2ccnc(Nc3ccc4c(C5CNCCO5)c(C(C)=O)c(=O)oc4c3)n2)c1. The molecular weight excluding hydrogens is 486 g/mol. The lowest BCUT2D eigenvalue weighted by molar-refractivity contribution is 0.0277. The molecule has 0 saturated carbocycles. The first-order valence-corrected chi connectivity index (χ1v) is 12.2. The molecule has 1 atom stereocenters. The number of anilines is 2. The fourth-order valence-electron chi connectivity index (χ4n) is 4.84. The van der Waals surface area contributed by atoms with Crippen LogP contribution >= 0.6 is 0 Å². The number of nitrogens with one attached hydrogen (secondary N) is 2. The van der Waals surface area contributed by atoms with Gasteiger partial charge in [-0.05, 0) is 49.4 Å². The molecule has 1 aliphatic rings. The van der Waals surface area contributed by atoms with Crippen molar-refractivity contribution in [3.8, 4) is 11.6 Å². The van der Waals surface area contributed by atoms with Gasteiger partial charge in [0.2, 0.25) is 5.95 Å². The maximum atomic E-state index is 12.8. The maximum Gasteiger partial charge on any atom is 0.347 e. The number of ketones is 1. The maximum absolute atomic E-state index is 12.8. The Morgan fingerprint density at radius 2 is 2.08 bits per heavy atom. The van der Waals surface area contributed by atoms with Gasteiger partial charge in [0, 0.05) is 53.6 Å². The molecule has 192 valence electrons. The third kappa shape index (κ3) is 4.29. The molecule has 2 N–H and O–H groups in total. The second-order valence-electron chi connectivity index (χ2n) is 8.98. The van der Waals surface area contributed by atoms with Crippen molar-refractivity contribution in [1.82, 2.24) is 19.9 Å². The highest BCUT2D eigenvalue weighted by molar-refractivity contribution is 6.00. The Balaban J connectivity index is 1.36. The van der Waals surface area contributed by atoms with Crippen LogP contribution in [0.2, 0.25) is 0 Å². The second-order valence-corrected chi connectivity index (χ2v) is 8.98. The molecule has 10 nitrogen and oxygen atoms in total. The number of methoxy groups -OCH3 is 1. The molecule has 10 heteroatoms. The first-order valence-electron chi connectivity index (χ1n) is 12.2. The van der Waals surface area contributed by atoms with Crippen LogP contribution in [-0.2, 0) is 4.74 Å². The van der Waals surface area contributed by atoms with E-state index in [9.17, 15) is 9.59 Å². The molecule has 1 aliphatic heterocycles. The zero-order valence-electron chi connectivity index (χ0n) is 20.9. The number of Topliss-reactive ketones (excluding diaryl/α,β-unsaturated/α-hetero) is 1. The average molecular weight is 512 g/mol. The predicted molar refractivity (Wildman–Crippen MR) is 143 cm³/mol. The summed E-state index contributed by atoms with van der Waals surface area (Å²) < 4.78 is 18.8. The smallest absolute Gasteiger partial charge is 0.347 e. The summed E-state index contributed by atoms with van der Waals surface area (Å²) in [6.07, 6.45) is 3.19. The number of ether oxygens (including phenoxy) is 2. The summed E-state index contributed by atoms with van der Waals surface area (Å²) in [6, 6.07) is 15.0. The Bertz CT molecular complexity index is 1740. The van der Waals surface area contributed by atoms with E-state index in [1.165, 1.54) is 6.92 Å². The van der Waals surface area contributed by atoms with Gasteiger partial charge in [0.25, 0.3) is 0 Å². The van der Waals surface area contributed by atoms with E-state index in [4.69, 9.17) is 13.9 Å². The summed E-state index contributed by atoms with van der Waals surface area (Å²) in [5.74, 6) is 1.49. The van der Waals surface area contributed by atoms with Gasteiger partial charge in [-0.3, -0.25) is 4.79 Å². The Kier molecular flexibility index (Phi) is 6.10. The van der Waals surface area contributed by atoms with Crippen LogP contribution in [0, 0.1) is 0 Å². The van der Waals surface area contributed by atoms with Crippen molar-refractivity contribution in [2.45, 2.75) is 13.0 Å². The van der Waals surface area contributed by atoms with Gasteiger partial charge in [-0.2, -0.15) is 4.98 Å². The van der Waals surface area contributed by atoms with E-state index in [-0.39, 0.29) is 11.3 Å². The molecule has 0 aliphatic carbocycles. The van der Waals surface area contributed by atoms with Crippen molar-refractivity contribution in [3.05, 3.63) is 82.5 Å². The Morgan fingerprint density at radius 1 is 1.18 bits per heavy atom. The lowest BCUT2D eigenvalue weighted by atomic mass is 9.96. The zero-order chi connectivity index (χ0) is 26.2. The van der Waals surface area contributed by atoms with E-state index in [1.807, 2.05) is 53.2 Å². The van der Waals surface area contributed by atoms with Crippen molar-refractivity contribution in [2.24, 2.45) is 0 Å². The van der Waals surface area contributed by atoms with Crippen LogP contribution in [0.1, 0.15) is 28.9 Å². The summed E-state index contributed by atoms with van der Waals surface area (Å²) >= 11 is 0. The first-order chi connectivity index (χ1) is 18.5. The van der Waals surface area contributed by atoms with Crippen LogP contribution in [0.3, 0.4) is 0 Å². The molecule has 1 unspecified atom stereocenters. The minimum atomic E-state index is -0.680. The van der Waals surface area contributed by atoms with Gasteiger partial charge in [0.15, 0.2) is 5.78 Å². The summed E-state index contributed by atoms with van der Waals surface area (Å²) in [7, 11) is 1.64. The number of carbonyl (C=O) groups excluding carboxylic acids is 1. The molecule has 1 saturated heterocycles. The Labute approximate surface area is 217 Å². The number of morpholine rings is 1.